The second-order valence-corrected chi connectivity index (χ2v) is 5.31. The Bertz CT molecular complexity index is 819. The van der Waals surface area contributed by atoms with Crippen molar-refractivity contribution < 1.29 is 9.90 Å². The van der Waals surface area contributed by atoms with E-state index in [0.717, 1.165) is 11.3 Å². The fourth-order valence-corrected chi connectivity index (χ4v) is 2.62. The van der Waals surface area contributed by atoms with E-state index in [1.807, 2.05) is 28.8 Å². The number of para-hydroxylation sites is 2. The van der Waals surface area contributed by atoms with Gasteiger partial charge in [-0.2, -0.15) is 0 Å². The molecule has 0 bridgehead atoms. The van der Waals surface area contributed by atoms with Crippen molar-refractivity contribution in [1.29, 1.82) is 0 Å². The minimum Gasteiger partial charge on any atom is -0.478 e. The maximum Gasteiger partial charge on any atom is 0.337 e. The van der Waals surface area contributed by atoms with Crippen LogP contribution in [0.5, 0.6) is 0 Å². The molecule has 0 aliphatic heterocycles. The molecule has 1 N–H and O–H groups in total. The summed E-state index contributed by atoms with van der Waals surface area (Å²) >= 11 is 0. The quantitative estimate of drug-likeness (QED) is 0.793. The molecular formula is C17H16N2O2. The van der Waals surface area contributed by atoms with Crippen molar-refractivity contribution in [3.05, 3.63) is 59.9 Å². The van der Waals surface area contributed by atoms with Crippen LogP contribution in [0, 0.1) is 0 Å². The molecule has 0 aliphatic rings. The van der Waals surface area contributed by atoms with Gasteiger partial charge in [-0.1, -0.05) is 38.1 Å². The number of nitrogens with zero attached hydrogens (tertiary/aromatic N) is 2. The highest BCUT2D eigenvalue weighted by molar-refractivity contribution is 6.01. The van der Waals surface area contributed by atoms with Gasteiger partial charge < -0.3 is 5.11 Å². The first-order valence-electron chi connectivity index (χ1n) is 6.88. The molecule has 0 saturated carbocycles. The van der Waals surface area contributed by atoms with Crippen LogP contribution in [-0.4, -0.2) is 20.6 Å². The molecule has 0 spiro atoms. The summed E-state index contributed by atoms with van der Waals surface area (Å²) in [4.78, 5) is 15.8. The highest BCUT2D eigenvalue weighted by Crippen LogP contribution is 2.27. The van der Waals surface area contributed by atoms with Gasteiger partial charge in [-0.05, 0) is 29.7 Å². The van der Waals surface area contributed by atoms with Crippen LogP contribution in [0.2, 0.25) is 0 Å². The second-order valence-electron chi connectivity index (χ2n) is 5.31. The Balaban J connectivity index is 2.34. The Morgan fingerprint density at radius 2 is 1.90 bits per heavy atom. The molecule has 106 valence electrons. The van der Waals surface area contributed by atoms with Gasteiger partial charge in [0.25, 0.3) is 0 Å². The van der Waals surface area contributed by atoms with Crippen LogP contribution in [-0.2, 0) is 0 Å². The van der Waals surface area contributed by atoms with Crippen LogP contribution in [0.15, 0.2) is 48.8 Å². The predicted octanol–water partition coefficient (Wildman–Crippen LogP) is 3.85. The lowest BCUT2D eigenvalue weighted by Gasteiger charge is -2.14. The van der Waals surface area contributed by atoms with E-state index in [9.17, 15) is 9.90 Å². The number of fused-ring (bicyclic) bond motifs is 1. The van der Waals surface area contributed by atoms with Gasteiger partial charge in [-0.15, -0.1) is 0 Å². The zero-order valence-electron chi connectivity index (χ0n) is 11.9. The predicted molar refractivity (Wildman–Crippen MR) is 82.1 cm³/mol. The molecule has 1 aromatic heterocycles. The SMILES string of the molecule is CC(C)c1ccccc1-n1cnc2cccc(C(=O)O)c21. The zero-order valence-corrected chi connectivity index (χ0v) is 11.9. The molecule has 3 rings (SSSR count). The molecule has 0 fully saturated rings. The van der Waals surface area contributed by atoms with Crippen molar-refractivity contribution in [1.82, 2.24) is 9.55 Å². The fourth-order valence-electron chi connectivity index (χ4n) is 2.62. The van der Waals surface area contributed by atoms with E-state index in [1.165, 1.54) is 0 Å². The fraction of sp³-hybridized carbons (Fsp3) is 0.176. The van der Waals surface area contributed by atoms with Crippen molar-refractivity contribution in [3.63, 3.8) is 0 Å². The van der Waals surface area contributed by atoms with Gasteiger partial charge in [0.05, 0.1) is 22.3 Å². The average molecular weight is 280 g/mol. The third-order valence-electron chi connectivity index (χ3n) is 3.62. The summed E-state index contributed by atoms with van der Waals surface area (Å²) in [7, 11) is 0. The summed E-state index contributed by atoms with van der Waals surface area (Å²) in [6, 6.07) is 13.2. The molecule has 0 atom stereocenters. The van der Waals surface area contributed by atoms with Crippen molar-refractivity contribution in [2.45, 2.75) is 19.8 Å². The van der Waals surface area contributed by atoms with Crippen LogP contribution in [0.4, 0.5) is 0 Å². The van der Waals surface area contributed by atoms with E-state index < -0.39 is 5.97 Å². The van der Waals surface area contributed by atoms with Crippen LogP contribution < -0.4 is 0 Å². The first-order chi connectivity index (χ1) is 10.1. The summed E-state index contributed by atoms with van der Waals surface area (Å²) in [5, 5.41) is 9.41. The van der Waals surface area contributed by atoms with Gasteiger partial charge in [0.15, 0.2) is 0 Å². The molecule has 3 aromatic rings. The van der Waals surface area contributed by atoms with Gasteiger partial charge in [0.2, 0.25) is 0 Å². The Kier molecular flexibility index (Phi) is 3.22. The number of benzene rings is 2. The van der Waals surface area contributed by atoms with Gasteiger partial charge >= 0.3 is 5.97 Å². The smallest absolute Gasteiger partial charge is 0.337 e. The van der Waals surface area contributed by atoms with Crippen molar-refractivity contribution >= 4 is 17.0 Å². The summed E-state index contributed by atoms with van der Waals surface area (Å²) < 4.78 is 1.87. The maximum absolute atomic E-state index is 11.5. The first-order valence-corrected chi connectivity index (χ1v) is 6.88. The number of carboxylic acid groups (broad SMARTS) is 1. The molecular weight excluding hydrogens is 264 g/mol. The highest BCUT2D eigenvalue weighted by Gasteiger charge is 2.16. The number of imidazole rings is 1. The Hall–Kier alpha value is -2.62. The van der Waals surface area contributed by atoms with Crippen molar-refractivity contribution in [2.24, 2.45) is 0 Å². The first kappa shape index (κ1) is 13.4. The number of carbonyl (C=O) groups is 1. The van der Waals surface area contributed by atoms with E-state index in [4.69, 9.17) is 0 Å². The average Bonchev–Trinajstić information content (AvgIpc) is 2.90. The summed E-state index contributed by atoms with van der Waals surface area (Å²) in [6.07, 6.45) is 1.69. The van der Waals surface area contributed by atoms with Crippen LogP contribution >= 0.6 is 0 Å². The Morgan fingerprint density at radius 1 is 1.14 bits per heavy atom. The number of rotatable bonds is 3. The van der Waals surface area contributed by atoms with Gasteiger partial charge in [0, 0.05) is 0 Å². The molecule has 0 radical (unpaired) electrons. The third-order valence-corrected chi connectivity index (χ3v) is 3.62. The minimum absolute atomic E-state index is 0.267. The third kappa shape index (κ3) is 2.18. The van der Waals surface area contributed by atoms with E-state index in [0.29, 0.717) is 17.0 Å². The van der Waals surface area contributed by atoms with Gasteiger partial charge in [0.1, 0.15) is 6.33 Å². The number of hydrogen-bond acceptors (Lipinski definition) is 2. The summed E-state index contributed by atoms with van der Waals surface area (Å²) in [5.41, 5.74) is 3.73. The standard InChI is InChI=1S/C17H16N2O2/c1-11(2)12-6-3-4-9-15(12)19-10-18-14-8-5-7-13(16(14)19)17(20)21/h3-11H,1-2H3,(H,20,21). The minimum atomic E-state index is -0.940. The van der Waals surface area contributed by atoms with Crippen molar-refractivity contribution in [2.75, 3.05) is 0 Å². The number of hydrogen-bond donors (Lipinski definition) is 1. The summed E-state index contributed by atoms with van der Waals surface area (Å²) in [5.74, 6) is -0.597. The molecule has 0 unspecified atom stereocenters. The lowest BCUT2D eigenvalue weighted by molar-refractivity contribution is 0.0698. The largest absolute Gasteiger partial charge is 0.478 e. The highest BCUT2D eigenvalue weighted by atomic mass is 16.4. The van der Waals surface area contributed by atoms with E-state index in [-0.39, 0.29) is 5.56 Å². The van der Waals surface area contributed by atoms with E-state index in [1.54, 1.807) is 18.5 Å². The molecule has 0 aliphatic carbocycles. The van der Waals surface area contributed by atoms with Gasteiger partial charge in [-0.3, -0.25) is 4.57 Å². The second kappa shape index (κ2) is 5.05. The molecule has 0 amide bonds. The molecule has 21 heavy (non-hydrogen) atoms. The normalized spacial score (nSPS) is 11.2. The zero-order chi connectivity index (χ0) is 15.0. The van der Waals surface area contributed by atoms with Crippen LogP contribution in [0.1, 0.15) is 35.7 Å². The lowest BCUT2D eigenvalue weighted by Crippen LogP contribution is -2.04. The summed E-state index contributed by atoms with van der Waals surface area (Å²) in [6.45, 7) is 4.24. The van der Waals surface area contributed by atoms with Crippen LogP contribution in [0.3, 0.4) is 0 Å². The number of aromatic carboxylic acids is 1. The topological polar surface area (TPSA) is 55.1 Å². The molecule has 2 aromatic carbocycles. The molecule has 0 saturated heterocycles. The van der Waals surface area contributed by atoms with E-state index in [2.05, 4.69) is 24.9 Å². The monoisotopic (exact) mass is 280 g/mol. The lowest BCUT2D eigenvalue weighted by atomic mass is 10.0. The Morgan fingerprint density at radius 3 is 2.62 bits per heavy atom. The van der Waals surface area contributed by atoms with Crippen molar-refractivity contribution in [3.8, 4) is 5.69 Å². The number of aromatic nitrogens is 2. The number of carboxylic acids is 1. The van der Waals surface area contributed by atoms with E-state index >= 15 is 0 Å². The maximum atomic E-state index is 11.5. The van der Waals surface area contributed by atoms with Gasteiger partial charge in [-0.25, -0.2) is 9.78 Å². The molecule has 4 heteroatoms. The Labute approximate surface area is 122 Å². The molecule has 1 heterocycles. The molecule has 4 nitrogen and oxygen atoms in total. The van der Waals surface area contributed by atoms with Crippen LogP contribution in [0.25, 0.3) is 16.7 Å².